The summed E-state index contributed by atoms with van der Waals surface area (Å²) < 4.78 is 35.5. The van der Waals surface area contributed by atoms with E-state index in [1.165, 1.54) is 23.4 Å². The van der Waals surface area contributed by atoms with Crippen LogP contribution in [0.2, 0.25) is 0 Å². The Bertz CT molecular complexity index is 987. The van der Waals surface area contributed by atoms with E-state index in [1.807, 2.05) is 0 Å². The number of hydrogen-bond acceptors (Lipinski definition) is 6. The molecule has 1 heterocycles. The van der Waals surface area contributed by atoms with E-state index >= 15 is 0 Å². The first-order valence-electron chi connectivity index (χ1n) is 9.06. The van der Waals surface area contributed by atoms with Gasteiger partial charge in [0.2, 0.25) is 10.0 Å². The van der Waals surface area contributed by atoms with E-state index in [4.69, 9.17) is 9.47 Å². The molecular formula is C20H22N2O6S. The van der Waals surface area contributed by atoms with E-state index in [-0.39, 0.29) is 11.3 Å². The number of nitrogens with zero attached hydrogens (tertiary/aromatic N) is 1. The second kappa shape index (κ2) is 8.52. The minimum atomic E-state index is -3.28. The van der Waals surface area contributed by atoms with Crippen molar-refractivity contribution in [3.05, 3.63) is 54.1 Å². The molecule has 0 saturated carbocycles. The van der Waals surface area contributed by atoms with Crippen LogP contribution in [0.1, 0.15) is 23.7 Å². The molecule has 3 rings (SSSR count). The zero-order valence-electron chi connectivity index (χ0n) is 16.1. The van der Waals surface area contributed by atoms with Crippen LogP contribution in [-0.4, -0.2) is 45.8 Å². The fourth-order valence-corrected chi connectivity index (χ4v) is 4.46. The molecule has 1 amide bonds. The number of nitrogens with one attached hydrogen (secondary N) is 1. The molecule has 2 aromatic rings. The van der Waals surface area contributed by atoms with Crippen molar-refractivity contribution in [3.63, 3.8) is 0 Å². The van der Waals surface area contributed by atoms with Gasteiger partial charge in [0, 0.05) is 12.2 Å². The van der Waals surface area contributed by atoms with E-state index in [0.29, 0.717) is 30.1 Å². The molecule has 0 bridgehead atoms. The van der Waals surface area contributed by atoms with E-state index in [1.54, 1.807) is 43.5 Å². The Hall–Kier alpha value is -3.07. The zero-order chi connectivity index (χ0) is 21.0. The Morgan fingerprint density at radius 3 is 2.28 bits per heavy atom. The lowest BCUT2D eigenvalue weighted by Gasteiger charge is -2.17. The maximum atomic E-state index is 12.3. The first-order chi connectivity index (χ1) is 13.8. The summed E-state index contributed by atoms with van der Waals surface area (Å²) in [4.78, 5) is 24.5. The van der Waals surface area contributed by atoms with E-state index in [0.717, 1.165) is 0 Å². The van der Waals surface area contributed by atoms with Crippen LogP contribution >= 0.6 is 0 Å². The third-order valence-corrected chi connectivity index (χ3v) is 6.37. The van der Waals surface area contributed by atoms with Crippen molar-refractivity contribution in [3.8, 4) is 5.75 Å². The molecule has 1 atom stereocenters. The van der Waals surface area contributed by atoms with Crippen LogP contribution in [0.15, 0.2) is 48.5 Å². The number of methoxy groups -OCH3 is 1. The smallest absolute Gasteiger partial charge is 0.338 e. The molecule has 9 heteroatoms. The second-order valence-electron chi connectivity index (χ2n) is 6.55. The number of hydrogen-bond donors (Lipinski definition) is 1. The average Bonchev–Trinajstić information content (AvgIpc) is 3.07. The van der Waals surface area contributed by atoms with Crippen molar-refractivity contribution in [2.45, 2.75) is 19.4 Å². The van der Waals surface area contributed by atoms with Gasteiger partial charge in [0.05, 0.1) is 24.1 Å². The topological polar surface area (TPSA) is 102 Å². The molecular weight excluding hydrogens is 396 g/mol. The van der Waals surface area contributed by atoms with Crippen molar-refractivity contribution in [1.29, 1.82) is 0 Å². The Kier molecular flexibility index (Phi) is 6.07. The Morgan fingerprint density at radius 2 is 1.72 bits per heavy atom. The highest BCUT2D eigenvalue weighted by molar-refractivity contribution is 7.93. The second-order valence-corrected chi connectivity index (χ2v) is 8.57. The minimum Gasteiger partial charge on any atom is -0.497 e. The van der Waals surface area contributed by atoms with Gasteiger partial charge >= 0.3 is 5.97 Å². The lowest BCUT2D eigenvalue weighted by Crippen LogP contribution is -2.30. The van der Waals surface area contributed by atoms with Crippen LogP contribution in [0.4, 0.5) is 11.4 Å². The predicted molar refractivity (Wildman–Crippen MR) is 109 cm³/mol. The third-order valence-electron chi connectivity index (χ3n) is 4.50. The number of carbonyl (C=O) groups is 2. The monoisotopic (exact) mass is 418 g/mol. The fourth-order valence-electron chi connectivity index (χ4n) is 2.89. The first kappa shape index (κ1) is 20.7. The fraction of sp³-hybridized carbons (Fsp3) is 0.300. The molecule has 8 nitrogen and oxygen atoms in total. The maximum Gasteiger partial charge on any atom is 0.338 e. The number of carbonyl (C=O) groups excluding carboxylic acids is 2. The molecule has 1 aliphatic heterocycles. The molecule has 154 valence electrons. The Balaban J connectivity index is 1.59. The van der Waals surface area contributed by atoms with Gasteiger partial charge in [-0.25, -0.2) is 13.2 Å². The SMILES string of the molecule is COc1ccc(NC(=O)C(C)OC(=O)c2ccc(N3CCCS3(=O)=O)cc2)cc1. The molecule has 1 saturated heterocycles. The molecule has 1 fully saturated rings. The maximum absolute atomic E-state index is 12.3. The lowest BCUT2D eigenvalue weighted by molar-refractivity contribution is -0.123. The summed E-state index contributed by atoms with van der Waals surface area (Å²) in [6.07, 6.45) is -0.435. The van der Waals surface area contributed by atoms with Crippen LogP contribution in [0.5, 0.6) is 5.75 Å². The largest absolute Gasteiger partial charge is 0.497 e. The summed E-state index contributed by atoms with van der Waals surface area (Å²) in [6, 6.07) is 12.8. The van der Waals surface area contributed by atoms with Crippen molar-refractivity contribution >= 4 is 33.3 Å². The van der Waals surface area contributed by atoms with Gasteiger partial charge in [-0.05, 0) is 61.9 Å². The summed E-state index contributed by atoms with van der Waals surface area (Å²) in [5.74, 6) is -0.355. The van der Waals surface area contributed by atoms with Crippen LogP contribution in [-0.2, 0) is 19.6 Å². The van der Waals surface area contributed by atoms with Gasteiger partial charge in [-0.2, -0.15) is 0 Å². The summed E-state index contributed by atoms with van der Waals surface area (Å²) in [6.45, 7) is 1.90. The number of benzene rings is 2. The third kappa shape index (κ3) is 4.86. The van der Waals surface area contributed by atoms with Crippen molar-refractivity contribution in [2.75, 3.05) is 29.0 Å². The minimum absolute atomic E-state index is 0.123. The molecule has 1 aliphatic rings. The highest BCUT2D eigenvalue weighted by atomic mass is 32.2. The molecule has 2 aromatic carbocycles. The van der Waals surface area contributed by atoms with Gasteiger partial charge in [-0.1, -0.05) is 0 Å². The number of anilines is 2. The highest BCUT2D eigenvalue weighted by Crippen LogP contribution is 2.24. The predicted octanol–water partition coefficient (Wildman–Crippen LogP) is 2.42. The van der Waals surface area contributed by atoms with Crippen LogP contribution in [0.25, 0.3) is 0 Å². The number of ether oxygens (including phenoxy) is 2. The van der Waals surface area contributed by atoms with Crippen molar-refractivity contribution < 1.29 is 27.5 Å². The molecule has 1 N–H and O–H groups in total. The number of sulfonamides is 1. The average molecular weight is 418 g/mol. The van der Waals surface area contributed by atoms with Gasteiger partial charge in [-0.3, -0.25) is 9.10 Å². The first-order valence-corrected chi connectivity index (χ1v) is 10.7. The molecule has 0 aliphatic carbocycles. The van der Waals surface area contributed by atoms with Crippen LogP contribution < -0.4 is 14.4 Å². The summed E-state index contributed by atoms with van der Waals surface area (Å²) in [7, 11) is -1.73. The van der Waals surface area contributed by atoms with E-state index < -0.39 is 28.0 Å². The van der Waals surface area contributed by atoms with Gasteiger partial charge in [0.15, 0.2) is 6.10 Å². The number of amides is 1. The van der Waals surface area contributed by atoms with Gasteiger partial charge < -0.3 is 14.8 Å². The highest BCUT2D eigenvalue weighted by Gasteiger charge is 2.28. The van der Waals surface area contributed by atoms with Crippen molar-refractivity contribution in [2.24, 2.45) is 0 Å². The van der Waals surface area contributed by atoms with E-state index in [2.05, 4.69) is 5.32 Å². The molecule has 0 radical (unpaired) electrons. The quantitative estimate of drug-likeness (QED) is 0.723. The number of rotatable bonds is 6. The molecule has 1 unspecified atom stereocenters. The Morgan fingerprint density at radius 1 is 1.07 bits per heavy atom. The molecule has 29 heavy (non-hydrogen) atoms. The van der Waals surface area contributed by atoms with Gasteiger partial charge in [-0.15, -0.1) is 0 Å². The lowest BCUT2D eigenvalue weighted by atomic mass is 10.2. The molecule has 0 aromatic heterocycles. The molecule has 0 spiro atoms. The Labute approximate surface area is 169 Å². The summed E-state index contributed by atoms with van der Waals surface area (Å²) in [5, 5.41) is 2.66. The summed E-state index contributed by atoms with van der Waals surface area (Å²) >= 11 is 0. The normalized spacial score (nSPS) is 16.1. The van der Waals surface area contributed by atoms with Gasteiger partial charge in [0.1, 0.15) is 5.75 Å². The summed E-state index contributed by atoms with van der Waals surface area (Å²) in [5.41, 5.74) is 1.29. The van der Waals surface area contributed by atoms with Crippen molar-refractivity contribution in [1.82, 2.24) is 0 Å². The number of esters is 1. The standard InChI is InChI=1S/C20H22N2O6S/c1-14(19(23)21-16-6-10-18(27-2)11-7-16)28-20(24)15-4-8-17(9-5-15)22-12-3-13-29(22,25)26/h4-11,14H,3,12-13H2,1-2H3,(H,21,23). The zero-order valence-corrected chi connectivity index (χ0v) is 16.9. The van der Waals surface area contributed by atoms with Crippen LogP contribution in [0, 0.1) is 0 Å². The van der Waals surface area contributed by atoms with E-state index in [9.17, 15) is 18.0 Å². The van der Waals surface area contributed by atoms with Crippen LogP contribution in [0.3, 0.4) is 0 Å². The van der Waals surface area contributed by atoms with Gasteiger partial charge in [0.25, 0.3) is 5.91 Å².